The first kappa shape index (κ1) is 20.2. The summed E-state index contributed by atoms with van der Waals surface area (Å²) in [5.41, 5.74) is 3.73. The van der Waals surface area contributed by atoms with Crippen LogP contribution in [0.1, 0.15) is 46.6 Å². The van der Waals surface area contributed by atoms with Crippen LogP contribution in [0.3, 0.4) is 0 Å². The van der Waals surface area contributed by atoms with Crippen LogP contribution in [0.5, 0.6) is 5.75 Å². The second kappa shape index (κ2) is 12.9. The van der Waals surface area contributed by atoms with Gasteiger partial charge in [-0.2, -0.15) is 0 Å². The van der Waals surface area contributed by atoms with Gasteiger partial charge in [0.15, 0.2) is 6.79 Å². The fraction of sp³-hybridized carbons (Fsp3) is 0.400. The molecule has 2 aromatic carbocycles. The van der Waals surface area contributed by atoms with Crippen LogP contribution in [0, 0.1) is 0 Å². The quantitative estimate of drug-likeness (QED) is 0.719. The second-order valence-corrected chi connectivity index (χ2v) is 4.24. The van der Waals surface area contributed by atoms with E-state index in [1.54, 1.807) is 0 Å². The Hall–Kier alpha value is -1.80. The van der Waals surface area contributed by atoms with Crippen LogP contribution in [0.25, 0.3) is 11.1 Å². The molecule has 0 amide bonds. The lowest BCUT2D eigenvalue weighted by atomic mass is 10.0. The highest BCUT2D eigenvalue weighted by Gasteiger charge is 1.99. The summed E-state index contributed by atoms with van der Waals surface area (Å²) in [4.78, 5) is 0. The number of rotatable bonds is 5. The van der Waals surface area contributed by atoms with Crippen LogP contribution in [0.15, 0.2) is 48.5 Å². The molecule has 122 valence electrons. The van der Waals surface area contributed by atoms with Crippen molar-refractivity contribution < 1.29 is 9.84 Å². The van der Waals surface area contributed by atoms with Gasteiger partial charge < -0.3 is 9.84 Å². The number of ether oxygens (including phenoxy) is 1. The van der Waals surface area contributed by atoms with Crippen LogP contribution >= 0.6 is 0 Å². The monoisotopic (exact) mass is 302 g/mol. The van der Waals surface area contributed by atoms with Crippen molar-refractivity contribution in [2.75, 3.05) is 6.79 Å². The number of hydrogen-bond donors (Lipinski definition) is 1. The van der Waals surface area contributed by atoms with Crippen LogP contribution < -0.4 is 4.74 Å². The highest BCUT2D eigenvalue weighted by Crippen LogP contribution is 2.23. The maximum atomic E-state index is 8.66. The Kier molecular flexibility index (Phi) is 11.8. The zero-order valence-electron chi connectivity index (χ0n) is 14.6. The molecule has 0 bridgehead atoms. The molecule has 0 spiro atoms. The first-order valence-corrected chi connectivity index (χ1v) is 8.26. The van der Waals surface area contributed by atoms with Gasteiger partial charge in [-0.3, -0.25) is 0 Å². The molecule has 0 saturated heterocycles. The molecule has 0 fully saturated rings. The third-order valence-corrected chi connectivity index (χ3v) is 2.91. The zero-order chi connectivity index (χ0) is 16.8. The molecule has 2 heteroatoms. The van der Waals surface area contributed by atoms with E-state index in [-0.39, 0.29) is 6.79 Å². The fourth-order valence-electron chi connectivity index (χ4n) is 1.97. The molecule has 0 heterocycles. The van der Waals surface area contributed by atoms with Gasteiger partial charge in [-0.05, 0) is 35.2 Å². The van der Waals surface area contributed by atoms with Gasteiger partial charge in [0.2, 0.25) is 0 Å². The molecular weight excluding hydrogens is 272 g/mol. The molecule has 0 unspecified atom stereocenters. The highest BCUT2D eigenvalue weighted by atomic mass is 16.6. The van der Waals surface area contributed by atoms with Crippen molar-refractivity contribution in [1.29, 1.82) is 0 Å². The van der Waals surface area contributed by atoms with Gasteiger partial charge in [-0.15, -0.1) is 0 Å². The van der Waals surface area contributed by atoms with Gasteiger partial charge >= 0.3 is 0 Å². The van der Waals surface area contributed by atoms with Crippen molar-refractivity contribution in [2.45, 2.75) is 47.5 Å². The average Bonchev–Trinajstić information content (AvgIpc) is 2.61. The van der Waals surface area contributed by atoms with Crippen molar-refractivity contribution in [2.24, 2.45) is 0 Å². The summed E-state index contributed by atoms with van der Waals surface area (Å²) in [7, 11) is 0. The molecule has 22 heavy (non-hydrogen) atoms. The molecule has 0 aliphatic rings. The number of benzene rings is 2. The lowest BCUT2D eigenvalue weighted by Crippen LogP contribution is -1.93. The molecule has 0 aromatic heterocycles. The van der Waals surface area contributed by atoms with Gasteiger partial charge in [-0.1, -0.05) is 77.4 Å². The first-order chi connectivity index (χ1) is 10.8. The van der Waals surface area contributed by atoms with Crippen molar-refractivity contribution in [3.63, 3.8) is 0 Å². The standard InChI is InChI=1S/C16H18O2.2C2H6/c1-2-3-13-4-6-14(7-5-13)15-8-10-16(11-9-15)18-12-17;2*1-2/h4-11,17H,2-3,12H2,1H3;2*1-2H3. The van der Waals surface area contributed by atoms with E-state index in [0.29, 0.717) is 5.75 Å². The predicted octanol–water partition coefficient (Wildman–Crippen LogP) is 5.69. The predicted molar refractivity (Wildman–Crippen MR) is 96.3 cm³/mol. The van der Waals surface area contributed by atoms with Crippen LogP contribution in [-0.4, -0.2) is 11.9 Å². The Morgan fingerprint density at radius 2 is 1.23 bits per heavy atom. The Morgan fingerprint density at radius 1 is 0.773 bits per heavy atom. The van der Waals surface area contributed by atoms with Crippen LogP contribution in [-0.2, 0) is 6.42 Å². The number of aliphatic hydroxyl groups is 1. The van der Waals surface area contributed by atoms with E-state index >= 15 is 0 Å². The van der Waals surface area contributed by atoms with Gasteiger partial charge in [0, 0.05) is 0 Å². The Labute approximate surface area is 135 Å². The fourth-order valence-corrected chi connectivity index (χ4v) is 1.97. The van der Waals surface area contributed by atoms with Crippen molar-refractivity contribution in [3.05, 3.63) is 54.1 Å². The van der Waals surface area contributed by atoms with E-state index in [4.69, 9.17) is 9.84 Å². The summed E-state index contributed by atoms with van der Waals surface area (Å²) in [6.07, 6.45) is 2.30. The third kappa shape index (κ3) is 6.77. The molecule has 0 aliphatic carbocycles. The molecule has 0 aliphatic heterocycles. The Bertz CT molecular complexity index is 425. The van der Waals surface area contributed by atoms with Crippen molar-refractivity contribution in [1.82, 2.24) is 0 Å². The minimum absolute atomic E-state index is 0.287. The zero-order valence-corrected chi connectivity index (χ0v) is 14.6. The van der Waals surface area contributed by atoms with Gasteiger partial charge in [-0.25, -0.2) is 0 Å². The summed E-state index contributed by atoms with van der Waals surface area (Å²) < 4.78 is 5.00. The maximum absolute atomic E-state index is 8.66. The topological polar surface area (TPSA) is 29.5 Å². The van der Waals surface area contributed by atoms with E-state index in [0.717, 1.165) is 12.0 Å². The summed E-state index contributed by atoms with van der Waals surface area (Å²) in [5, 5.41) is 8.66. The van der Waals surface area contributed by atoms with Crippen LogP contribution in [0.4, 0.5) is 0 Å². The Morgan fingerprint density at radius 3 is 1.64 bits per heavy atom. The van der Waals surface area contributed by atoms with E-state index < -0.39 is 0 Å². The number of aryl methyl sites for hydroxylation is 1. The molecule has 2 aromatic rings. The minimum Gasteiger partial charge on any atom is -0.468 e. The largest absolute Gasteiger partial charge is 0.468 e. The SMILES string of the molecule is CC.CC.CCCc1ccc(-c2ccc(OCO)cc2)cc1. The van der Waals surface area contributed by atoms with E-state index in [1.165, 1.54) is 17.5 Å². The first-order valence-electron chi connectivity index (χ1n) is 8.26. The van der Waals surface area contributed by atoms with E-state index in [1.807, 2.05) is 52.0 Å². The van der Waals surface area contributed by atoms with Crippen molar-refractivity contribution >= 4 is 0 Å². The number of hydrogen-bond acceptors (Lipinski definition) is 2. The van der Waals surface area contributed by atoms with E-state index in [9.17, 15) is 0 Å². The second-order valence-electron chi connectivity index (χ2n) is 4.24. The van der Waals surface area contributed by atoms with Gasteiger partial charge in [0.25, 0.3) is 0 Å². The number of aliphatic hydroxyl groups excluding tert-OH is 1. The third-order valence-electron chi connectivity index (χ3n) is 2.91. The van der Waals surface area contributed by atoms with Gasteiger partial charge in [0.1, 0.15) is 5.75 Å². The van der Waals surface area contributed by atoms with Gasteiger partial charge in [0.05, 0.1) is 0 Å². The molecular formula is C20H30O2. The van der Waals surface area contributed by atoms with Crippen LogP contribution in [0.2, 0.25) is 0 Å². The Balaban J connectivity index is 0.00000102. The summed E-state index contributed by atoms with van der Waals surface area (Å²) in [6.45, 7) is 9.90. The summed E-state index contributed by atoms with van der Waals surface area (Å²) in [6, 6.07) is 16.4. The molecule has 0 saturated carbocycles. The van der Waals surface area contributed by atoms with E-state index in [2.05, 4.69) is 31.2 Å². The minimum atomic E-state index is -0.287. The normalized spacial score (nSPS) is 9.00. The molecule has 2 nitrogen and oxygen atoms in total. The highest BCUT2D eigenvalue weighted by molar-refractivity contribution is 5.64. The lowest BCUT2D eigenvalue weighted by Gasteiger charge is -2.06. The van der Waals surface area contributed by atoms with Crippen molar-refractivity contribution in [3.8, 4) is 16.9 Å². The average molecular weight is 302 g/mol. The smallest absolute Gasteiger partial charge is 0.186 e. The summed E-state index contributed by atoms with van der Waals surface area (Å²) >= 11 is 0. The molecule has 0 atom stereocenters. The summed E-state index contributed by atoms with van der Waals surface area (Å²) in [5.74, 6) is 0.684. The molecule has 2 rings (SSSR count). The maximum Gasteiger partial charge on any atom is 0.186 e. The lowest BCUT2D eigenvalue weighted by molar-refractivity contribution is 0.0985. The molecule has 1 N–H and O–H groups in total. The molecule has 0 radical (unpaired) electrons.